The number of ether oxygens (including phenoxy) is 1. The minimum absolute atomic E-state index is 0.689. The molecule has 0 amide bonds. The van der Waals surface area contributed by atoms with Crippen LogP contribution in [0.5, 0.6) is 0 Å². The zero-order valence-corrected chi connectivity index (χ0v) is 37.2. The number of morpholine rings is 1. The van der Waals surface area contributed by atoms with Crippen LogP contribution in [0.4, 0.5) is 0 Å². The molecule has 0 atom stereocenters. The normalized spacial score (nSPS) is 23.0. The van der Waals surface area contributed by atoms with Crippen molar-refractivity contribution in [3.05, 3.63) is 0 Å². The fourth-order valence-electron chi connectivity index (χ4n) is 7.23. The van der Waals surface area contributed by atoms with Gasteiger partial charge in [0, 0.05) is 88.6 Å². The quantitative estimate of drug-likeness (QED) is 0.333. The van der Waals surface area contributed by atoms with Gasteiger partial charge in [0.25, 0.3) is 0 Å². The van der Waals surface area contributed by atoms with Gasteiger partial charge in [0.1, 0.15) is 0 Å². The van der Waals surface area contributed by atoms with Crippen molar-refractivity contribution in [2.45, 2.75) is 164 Å². The summed E-state index contributed by atoms with van der Waals surface area (Å²) in [6.45, 7) is 48.8. The van der Waals surface area contributed by atoms with Crippen molar-refractivity contribution in [3.63, 3.8) is 0 Å². The predicted molar refractivity (Wildman–Crippen MR) is 229 cm³/mol. The van der Waals surface area contributed by atoms with E-state index in [1.165, 1.54) is 117 Å². The second kappa shape index (κ2) is 30.8. The first kappa shape index (κ1) is 49.7. The number of piperazine rings is 1. The fraction of sp³-hybridized carbons (Fsp3) is 1.00. The molecule has 0 aromatic carbocycles. The maximum atomic E-state index is 5.21. The number of likely N-dealkylation sites (tertiary alicyclic amines) is 3. The molecule has 6 fully saturated rings. The summed E-state index contributed by atoms with van der Waals surface area (Å²) in [6.07, 6.45) is 9.83. The molecule has 2 N–H and O–H groups in total. The lowest BCUT2D eigenvalue weighted by atomic mass is 10.1. The van der Waals surface area contributed by atoms with E-state index in [9.17, 15) is 0 Å². The van der Waals surface area contributed by atoms with Crippen molar-refractivity contribution in [3.8, 4) is 0 Å². The van der Waals surface area contributed by atoms with Gasteiger partial charge in [0.2, 0.25) is 0 Å². The van der Waals surface area contributed by atoms with Crippen molar-refractivity contribution in [1.29, 1.82) is 0 Å². The molecule has 9 nitrogen and oxygen atoms in total. The smallest absolute Gasteiger partial charge is 0.0594 e. The largest absolute Gasteiger partial charge is 0.379 e. The van der Waals surface area contributed by atoms with E-state index in [1.807, 2.05) is 0 Å². The van der Waals surface area contributed by atoms with Gasteiger partial charge < -0.3 is 30.1 Å². The Labute approximate surface area is 326 Å². The highest BCUT2D eigenvalue weighted by Gasteiger charge is 2.16. The van der Waals surface area contributed by atoms with E-state index in [4.69, 9.17) is 4.74 Å². The minimum Gasteiger partial charge on any atom is -0.379 e. The highest BCUT2D eigenvalue weighted by atomic mass is 16.5. The van der Waals surface area contributed by atoms with Crippen molar-refractivity contribution in [1.82, 2.24) is 40.0 Å². The molecule has 6 saturated heterocycles. The molecule has 9 heteroatoms. The van der Waals surface area contributed by atoms with Crippen LogP contribution in [0.15, 0.2) is 0 Å². The van der Waals surface area contributed by atoms with Gasteiger partial charge >= 0.3 is 0 Å². The van der Waals surface area contributed by atoms with Crippen LogP contribution in [-0.4, -0.2) is 184 Å². The Balaban J connectivity index is 0.000000313. The number of nitrogens with one attached hydrogen (secondary N) is 2. The average Bonchev–Trinajstić information content (AvgIpc) is 3.53. The van der Waals surface area contributed by atoms with Crippen LogP contribution in [0.3, 0.4) is 0 Å². The van der Waals surface area contributed by atoms with Gasteiger partial charge in [-0.2, -0.15) is 0 Å². The van der Waals surface area contributed by atoms with Gasteiger partial charge in [-0.25, -0.2) is 0 Å². The maximum Gasteiger partial charge on any atom is 0.0594 e. The molecule has 52 heavy (non-hydrogen) atoms. The van der Waals surface area contributed by atoms with Crippen molar-refractivity contribution >= 4 is 0 Å². The summed E-state index contributed by atoms with van der Waals surface area (Å²) in [6, 6.07) is 4.47. The molecule has 0 bridgehead atoms. The molecule has 6 rings (SSSR count). The van der Waals surface area contributed by atoms with Crippen molar-refractivity contribution in [2.75, 3.05) is 118 Å². The highest BCUT2D eigenvalue weighted by Crippen LogP contribution is 2.12. The molecule has 0 radical (unpaired) electrons. The molecule has 312 valence electrons. The lowest BCUT2D eigenvalue weighted by Gasteiger charge is -2.34. The summed E-state index contributed by atoms with van der Waals surface area (Å²) in [4.78, 5) is 15.0. The number of hydrogen-bond acceptors (Lipinski definition) is 9. The van der Waals surface area contributed by atoms with Crippen LogP contribution in [0.2, 0.25) is 0 Å². The van der Waals surface area contributed by atoms with E-state index >= 15 is 0 Å². The monoisotopic (exact) mass is 739 g/mol. The minimum atomic E-state index is 0.689. The van der Waals surface area contributed by atoms with Crippen LogP contribution in [0.25, 0.3) is 0 Å². The summed E-state index contributed by atoms with van der Waals surface area (Å²) in [5.41, 5.74) is 0. The first-order valence-electron chi connectivity index (χ1n) is 22.3. The molecule has 6 heterocycles. The van der Waals surface area contributed by atoms with Crippen LogP contribution in [0, 0.1) is 0 Å². The Hall–Kier alpha value is -0.360. The molecule has 0 aromatic rings. The third-order valence-corrected chi connectivity index (χ3v) is 11.4. The molecule has 0 aromatic heterocycles. The third kappa shape index (κ3) is 24.2. The molecule has 0 saturated carbocycles. The van der Waals surface area contributed by atoms with Gasteiger partial charge in [0.05, 0.1) is 13.2 Å². The lowest BCUT2D eigenvalue weighted by Crippen LogP contribution is -2.46. The fourth-order valence-corrected chi connectivity index (χ4v) is 7.23. The molecular formula is C43H94N8O. The lowest BCUT2D eigenvalue weighted by molar-refractivity contribution is 0.0238. The SMILES string of the molecule is CC(C)N1CCC1.CC(C)N1CCCC1.CC(C)N1CCCCC1.CC(C)N1CCCNCC1.CC(C)N1CCNCC1.CC(C)N1CCOCC1. The van der Waals surface area contributed by atoms with Crippen molar-refractivity contribution in [2.24, 2.45) is 0 Å². The summed E-state index contributed by atoms with van der Waals surface area (Å²) >= 11 is 0. The Morgan fingerprint density at radius 3 is 0.865 bits per heavy atom. The highest BCUT2D eigenvalue weighted by molar-refractivity contribution is 4.72. The van der Waals surface area contributed by atoms with E-state index in [-0.39, 0.29) is 0 Å². The van der Waals surface area contributed by atoms with Gasteiger partial charge in [-0.3, -0.25) is 14.7 Å². The second-order valence-corrected chi connectivity index (χ2v) is 17.4. The molecule has 0 unspecified atom stereocenters. The second-order valence-electron chi connectivity index (χ2n) is 17.4. The Kier molecular flexibility index (Phi) is 29.4. The molecule has 6 aliphatic rings. The molecule has 6 aliphatic heterocycles. The number of piperidine rings is 1. The Morgan fingerprint density at radius 1 is 0.288 bits per heavy atom. The van der Waals surface area contributed by atoms with Crippen LogP contribution in [0.1, 0.15) is 128 Å². The standard InChI is InChI=1S/C8H18N2.C8H17N.C7H16N2.C7H15NO.C7H15N.C6H13N/c1-8(2)10-6-3-4-9-5-7-10;1-8(2)9-6-4-3-5-7-9;1-7(2)9-5-3-8-4-6-9;1-7(2)8-3-5-9-6-4-8;1-7(2)8-5-3-4-6-8;1-6(2)7-4-3-5-7/h8-9H,3-7H2,1-2H3;8H,3-7H2,1-2H3;7-8H,3-6H2,1-2H3;7H,3-6H2,1-2H3;7H,3-6H2,1-2H3;6H,3-5H2,1-2H3. The maximum absolute atomic E-state index is 5.21. The molecular weight excluding hydrogens is 645 g/mol. The predicted octanol–water partition coefficient (Wildman–Crippen LogP) is 6.19. The zero-order valence-electron chi connectivity index (χ0n) is 37.2. The van der Waals surface area contributed by atoms with E-state index in [0.717, 1.165) is 76.1 Å². The number of rotatable bonds is 6. The summed E-state index contributed by atoms with van der Waals surface area (Å²) in [5, 5.41) is 6.72. The van der Waals surface area contributed by atoms with Gasteiger partial charge in [0.15, 0.2) is 0 Å². The first-order valence-corrected chi connectivity index (χ1v) is 22.3. The number of nitrogens with zero attached hydrogens (tertiary/aromatic N) is 6. The van der Waals surface area contributed by atoms with Crippen LogP contribution >= 0.6 is 0 Å². The van der Waals surface area contributed by atoms with Crippen LogP contribution < -0.4 is 10.6 Å². The molecule has 0 spiro atoms. The van der Waals surface area contributed by atoms with Crippen molar-refractivity contribution < 1.29 is 4.74 Å². The Bertz CT molecular complexity index is 707. The Morgan fingerprint density at radius 2 is 0.558 bits per heavy atom. The van der Waals surface area contributed by atoms with Gasteiger partial charge in [-0.05, 0) is 174 Å². The third-order valence-electron chi connectivity index (χ3n) is 11.4. The van der Waals surface area contributed by atoms with E-state index < -0.39 is 0 Å². The average molecular weight is 739 g/mol. The van der Waals surface area contributed by atoms with Gasteiger partial charge in [-0.1, -0.05) is 6.42 Å². The number of hydrogen-bond donors (Lipinski definition) is 2. The summed E-state index contributed by atoms with van der Waals surface area (Å²) < 4.78 is 5.21. The summed E-state index contributed by atoms with van der Waals surface area (Å²) in [7, 11) is 0. The summed E-state index contributed by atoms with van der Waals surface area (Å²) in [5.74, 6) is 0. The van der Waals surface area contributed by atoms with E-state index in [2.05, 4.69) is 123 Å². The first-order chi connectivity index (χ1) is 24.8. The van der Waals surface area contributed by atoms with Gasteiger partial charge in [-0.15, -0.1) is 0 Å². The molecule has 0 aliphatic carbocycles. The zero-order chi connectivity index (χ0) is 38.7. The van der Waals surface area contributed by atoms with Crippen LogP contribution in [-0.2, 0) is 4.74 Å². The topological polar surface area (TPSA) is 52.7 Å². The van der Waals surface area contributed by atoms with E-state index in [0.29, 0.717) is 6.04 Å². The van der Waals surface area contributed by atoms with E-state index in [1.54, 1.807) is 0 Å².